The van der Waals surface area contributed by atoms with Crippen LogP contribution >= 0.6 is 0 Å². The molecule has 1 atom stereocenters. The van der Waals surface area contributed by atoms with Crippen LogP contribution < -0.4 is 10.1 Å². The Balaban J connectivity index is 2.07. The highest BCUT2D eigenvalue weighted by Gasteiger charge is 2.17. The Bertz CT molecular complexity index is 810. The molecule has 7 heteroatoms. The zero-order valence-corrected chi connectivity index (χ0v) is 13.1. The minimum Gasteiger partial charge on any atom is -0.481 e. The number of amides is 1. The van der Waals surface area contributed by atoms with E-state index in [1.165, 1.54) is 12.1 Å². The van der Waals surface area contributed by atoms with Gasteiger partial charge in [0.1, 0.15) is 5.75 Å². The lowest BCUT2D eigenvalue weighted by atomic mass is 10.1. The monoisotopic (exact) mass is 325 g/mol. The van der Waals surface area contributed by atoms with E-state index < -0.39 is 16.9 Å². The second-order valence-corrected chi connectivity index (χ2v) is 5.14. The molecule has 0 radical (unpaired) electrons. The van der Waals surface area contributed by atoms with E-state index in [9.17, 15) is 14.9 Å². The van der Waals surface area contributed by atoms with Crippen LogP contribution in [0.3, 0.4) is 0 Å². The lowest BCUT2D eigenvalue weighted by molar-refractivity contribution is -0.384. The molecule has 0 spiro atoms. The van der Waals surface area contributed by atoms with Gasteiger partial charge in [0, 0.05) is 12.1 Å². The third-order valence-corrected chi connectivity index (χ3v) is 3.36. The van der Waals surface area contributed by atoms with Crippen LogP contribution in [0.5, 0.6) is 5.75 Å². The average molecular weight is 325 g/mol. The molecule has 122 valence electrons. The van der Waals surface area contributed by atoms with Crippen molar-refractivity contribution in [1.29, 1.82) is 5.26 Å². The zero-order valence-electron chi connectivity index (χ0n) is 13.1. The molecule has 2 aromatic carbocycles. The van der Waals surface area contributed by atoms with Gasteiger partial charge in [0.15, 0.2) is 6.10 Å². The summed E-state index contributed by atoms with van der Waals surface area (Å²) in [7, 11) is 0. The van der Waals surface area contributed by atoms with Crippen molar-refractivity contribution >= 4 is 17.3 Å². The first kappa shape index (κ1) is 17.0. The van der Waals surface area contributed by atoms with E-state index in [0.29, 0.717) is 22.6 Å². The van der Waals surface area contributed by atoms with Crippen molar-refractivity contribution in [2.24, 2.45) is 0 Å². The topological polar surface area (TPSA) is 105 Å². The predicted octanol–water partition coefficient (Wildman–Crippen LogP) is 3.18. The van der Waals surface area contributed by atoms with Crippen molar-refractivity contribution in [3.05, 3.63) is 63.7 Å². The number of ether oxygens (including phenoxy) is 1. The first-order chi connectivity index (χ1) is 11.4. The fourth-order valence-corrected chi connectivity index (χ4v) is 1.96. The number of nitro groups is 1. The first-order valence-electron chi connectivity index (χ1n) is 7.13. The second kappa shape index (κ2) is 7.24. The molecule has 0 aromatic heterocycles. The van der Waals surface area contributed by atoms with E-state index in [0.717, 1.165) is 0 Å². The van der Waals surface area contributed by atoms with E-state index in [4.69, 9.17) is 10.00 Å². The number of nitrogens with one attached hydrogen (secondary N) is 1. The number of rotatable bonds is 5. The van der Waals surface area contributed by atoms with Crippen LogP contribution in [0.2, 0.25) is 0 Å². The molecule has 0 aliphatic carbocycles. The summed E-state index contributed by atoms with van der Waals surface area (Å²) in [4.78, 5) is 22.5. The molecular formula is C17H15N3O4. The number of benzene rings is 2. The molecule has 2 rings (SSSR count). The number of nitriles is 1. The van der Waals surface area contributed by atoms with Crippen LogP contribution in [-0.2, 0) is 4.79 Å². The van der Waals surface area contributed by atoms with E-state index in [1.54, 1.807) is 44.2 Å². The highest BCUT2D eigenvalue weighted by atomic mass is 16.6. The third-order valence-electron chi connectivity index (χ3n) is 3.36. The fraction of sp³-hybridized carbons (Fsp3) is 0.176. The van der Waals surface area contributed by atoms with Gasteiger partial charge in [-0.2, -0.15) is 5.26 Å². The average Bonchev–Trinajstić information content (AvgIpc) is 2.57. The van der Waals surface area contributed by atoms with E-state index in [-0.39, 0.29) is 5.69 Å². The summed E-state index contributed by atoms with van der Waals surface area (Å²) in [6.07, 6.45) is -0.809. The maximum atomic E-state index is 12.2. The molecule has 1 unspecified atom stereocenters. The van der Waals surface area contributed by atoms with E-state index in [2.05, 4.69) is 5.32 Å². The molecule has 7 nitrogen and oxygen atoms in total. The minimum atomic E-state index is -0.809. The van der Waals surface area contributed by atoms with Crippen LogP contribution in [0, 0.1) is 28.4 Å². The maximum Gasteiger partial charge on any atom is 0.271 e. The van der Waals surface area contributed by atoms with Crippen LogP contribution in [0.1, 0.15) is 18.1 Å². The van der Waals surface area contributed by atoms with Gasteiger partial charge in [-0.3, -0.25) is 14.9 Å². The predicted molar refractivity (Wildman–Crippen MR) is 87.7 cm³/mol. The van der Waals surface area contributed by atoms with Crippen LogP contribution in [0.25, 0.3) is 0 Å². The number of hydrogen-bond donors (Lipinski definition) is 1. The van der Waals surface area contributed by atoms with Gasteiger partial charge in [0.05, 0.1) is 22.2 Å². The zero-order chi connectivity index (χ0) is 17.7. The Labute approximate surface area is 138 Å². The Kier molecular flexibility index (Phi) is 5.12. The molecule has 0 saturated heterocycles. The summed E-state index contributed by atoms with van der Waals surface area (Å²) in [5.74, 6) is 0.0235. The van der Waals surface area contributed by atoms with Crippen LogP contribution in [0.4, 0.5) is 11.4 Å². The van der Waals surface area contributed by atoms with Gasteiger partial charge >= 0.3 is 0 Å². The molecule has 0 aliphatic rings. The summed E-state index contributed by atoms with van der Waals surface area (Å²) < 4.78 is 5.51. The Morgan fingerprint density at radius 1 is 1.29 bits per heavy atom. The Morgan fingerprint density at radius 3 is 2.54 bits per heavy atom. The number of carbonyl (C=O) groups excluding carboxylic acids is 1. The molecule has 1 amide bonds. The Morgan fingerprint density at radius 2 is 1.96 bits per heavy atom. The van der Waals surface area contributed by atoms with Crippen molar-refractivity contribution in [3.8, 4) is 11.8 Å². The summed E-state index contributed by atoms with van der Waals surface area (Å²) in [6, 6.07) is 12.6. The van der Waals surface area contributed by atoms with Crippen molar-refractivity contribution in [3.63, 3.8) is 0 Å². The molecule has 0 bridgehead atoms. The van der Waals surface area contributed by atoms with Gasteiger partial charge < -0.3 is 10.1 Å². The summed E-state index contributed by atoms with van der Waals surface area (Å²) in [6.45, 7) is 3.31. The molecule has 0 heterocycles. The van der Waals surface area contributed by atoms with Gasteiger partial charge in [-0.25, -0.2) is 0 Å². The fourth-order valence-electron chi connectivity index (χ4n) is 1.96. The van der Waals surface area contributed by atoms with E-state index >= 15 is 0 Å². The normalized spacial score (nSPS) is 11.2. The molecule has 1 N–H and O–H groups in total. The maximum absolute atomic E-state index is 12.2. The highest BCUT2D eigenvalue weighted by Crippen LogP contribution is 2.22. The number of non-ortho nitro benzene ring substituents is 1. The van der Waals surface area contributed by atoms with Gasteiger partial charge in [0.2, 0.25) is 0 Å². The minimum absolute atomic E-state index is 0.100. The first-order valence-corrected chi connectivity index (χ1v) is 7.13. The van der Waals surface area contributed by atoms with Crippen molar-refractivity contribution in [1.82, 2.24) is 0 Å². The van der Waals surface area contributed by atoms with Gasteiger partial charge in [-0.05, 0) is 43.7 Å². The summed E-state index contributed by atoms with van der Waals surface area (Å²) >= 11 is 0. The van der Waals surface area contributed by atoms with Gasteiger partial charge in [-0.1, -0.05) is 6.07 Å². The Hall–Kier alpha value is -3.40. The molecule has 2 aromatic rings. The van der Waals surface area contributed by atoms with E-state index in [1.807, 2.05) is 6.07 Å². The summed E-state index contributed by atoms with van der Waals surface area (Å²) in [5.41, 5.74) is 1.47. The number of nitro benzene ring substituents is 1. The smallest absolute Gasteiger partial charge is 0.271 e. The third kappa shape index (κ3) is 4.08. The highest BCUT2D eigenvalue weighted by molar-refractivity contribution is 5.95. The molecule has 0 aliphatic heterocycles. The molecule has 0 saturated carbocycles. The number of carbonyl (C=O) groups is 1. The SMILES string of the molecule is Cc1ccc([N+](=O)[O-])cc1NC(=O)C(C)Oc1ccc(C#N)cc1. The van der Waals surface area contributed by atoms with Gasteiger partial charge in [0.25, 0.3) is 11.6 Å². The lowest BCUT2D eigenvalue weighted by Crippen LogP contribution is -2.30. The lowest BCUT2D eigenvalue weighted by Gasteiger charge is -2.15. The van der Waals surface area contributed by atoms with Gasteiger partial charge in [-0.15, -0.1) is 0 Å². The number of anilines is 1. The number of nitrogens with zero attached hydrogens (tertiary/aromatic N) is 2. The van der Waals surface area contributed by atoms with Crippen molar-refractivity contribution < 1.29 is 14.5 Å². The largest absolute Gasteiger partial charge is 0.481 e. The number of aryl methyl sites for hydroxylation is 1. The summed E-state index contributed by atoms with van der Waals surface area (Å²) in [5, 5.41) is 22.2. The second-order valence-electron chi connectivity index (χ2n) is 5.14. The molecule has 0 fully saturated rings. The van der Waals surface area contributed by atoms with Crippen molar-refractivity contribution in [2.45, 2.75) is 20.0 Å². The molecular weight excluding hydrogens is 310 g/mol. The van der Waals surface area contributed by atoms with Crippen LogP contribution in [0.15, 0.2) is 42.5 Å². The molecule has 24 heavy (non-hydrogen) atoms. The van der Waals surface area contributed by atoms with Crippen LogP contribution in [-0.4, -0.2) is 16.9 Å². The number of hydrogen-bond acceptors (Lipinski definition) is 5. The standard InChI is InChI=1S/C17H15N3O4/c1-11-3-6-14(20(22)23)9-16(11)19-17(21)12(2)24-15-7-4-13(10-18)5-8-15/h3-9,12H,1-2H3,(H,19,21). The van der Waals surface area contributed by atoms with Crippen molar-refractivity contribution in [2.75, 3.05) is 5.32 Å². The quantitative estimate of drug-likeness (QED) is 0.671.